The zero-order valence-corrected chi connectivity index (χ0v) is 23.6. The average molecular weight is 550 g/mol. The largest absolute Gasteiger partial charge is 0.493 e. The molecular formula is C29H38Cl2N2O4. The Kier molecular flexibility index (Phi) is 11.0. The summed E-state index contributed by atoms with van der Waals surface area (Å²) in [4.78, 5) is 28.6. The van der Waals surface area contributed by atoms with E-state index < -0.39 is 6.04 Å². The van der Waals surface area contributed by atoms with Crippen LogP contribution in [-0.2, 0) is 16.0 Å². The van der Waals surface area contributed by atoms with Gasteiger partial charge in [0.15, 0.2) is 11.5 Å². The Balaban J connectivity index is 1.95. The van der Waals surface area contributed by atoms with Gasteiger partial charge in [0.25, 0.3) is 0 Å². The van der Waals surface area contributed by atoms with E-state index in [2.05, 4.69) is 12.2 Å². The van der Waals surface area contributed by atoms with Gasteiger partial charge in [0.2, 0.25) is 11.8 Å². The van der Waals surface area contributed by atoms with E-state index >= 15 is 0 Å². The zero-order chi connectivity index (χ0) is 26.9. The highest BCUT2D eigenvalue weighted by Gasteiger charge is 2.33. The van der Waals surface area contributed by atoms with Gasteiger partial charge in [-0.3, -0.25) is 9.59 Å². The van der Waals surface area contributed by atoms with Crippen molar-refractivity contribution in [3.8, 4) is 11.5 Å². The minimum absolute atomic E-state index is 0.0405. The molecule has 0 aromatic heterocycles. The van der Waals surface area contributed by atoms with E-state index in [1.54, 1.807) is 24.1 Å². The third-order valence-electron chi connectivity index (χ3n) is 6.78. The minimum atomic E-state index is -0.861. The fourth-order valence-electron chi connectivity index (χ4n) is 4.74. The minimum Gasteiger partial charge on any atom is -0.493 e. The van der Waals surface area contributed by atoms with Gasteiger partial charge in [-0.2, -0.15) is 0 Å². The van der Waals surface area contributed by atoms with Crippen LogP contribution in [0.4, 0.5) is 0 Å². The molecule has 1 saturated carbocycles. The Morgan fingerprint density at radius 1 is 1.05 bits per heavy atom. The summed E-state index contributed by atoms with van der Waals surface area (Å²) >= 11 is 12.1. The fraction of sp³-hybridized carbons (Fsp3) is 0.517. The molecule has 2 aromatic rings. The molecule has 0 heterocycles. The predicted octanol–water partition coefficient (Wildman–Crippen LogP) is 6.18. The molecule has 37 heavy (non-hydrogen) atoms. The van der Waals surface area contributed by atoms with Crippen molar-refractivity contribution in [2.24, 2.45) is 5.92 Å². The average Bonchev–Trinajstić information content (AvgIpc) is 2.88. The van der Waals surface area contributed by atoms with E-state index in [0.29, 0.717) is 41.0 Å². The van der Waals surface area contributed by atoms with Crippen LogP contribution in [0.15, 0.2) is 42.5 Å². The van der Waals surface area contributed by atoms with E-state index in [1.165, 1.54) is 0 Å². The Bertz CT molecular complexity index is 1040. The molecule has 3 rings (SSSR count). The second kappa shape index (κ2) is 13.9. The van der Waals surface area contributed by atoms with Gasteiger partial charge in [0.1, 0.15) is 11.9 Å². The van der Waals surface area contributed by atoms with Crippen LogP contribution in [0.3, 0.4) is 0 Å². The summed E-state index contributed by atoms with van der Waals surface area (Å²) < 4.78 is 11.5. The zero-order valence-electron chi connectivity index (χ0n) is 22.1. The highest BCUT2D eigenvalue weighted by atomic mass is 35.5. The Labute approximate surface area is 230 Å². The van der Waals surface area contributed by atoms with E-state index in [4.69, 9.17) is 32.7 Å². The van der Waals surface area contributed by atoms with Gasteiger partial charge in [-0.1, -0.05) is 36.7 Å². The molecule has 0 bridgehead atoms. The molecular weight excluding hydrogens is 511 g/mol. The summed E-state index contributed by atoms with van der Waals surface area (Å²) in [6, 6.07) is 12.1. The number of rotatable bonds is 11. The van der Waals surface area contributed by atoms with Crippen molar-refractivity contribution in [1.82, 2.24) is 10.2 Å². The summed E-state index contributed by atoms with van der Waals surface area (Å²) in [7, 11) is 1.56. The van der Waals surface area contributed by atoms with Crippen LogP contribution in [-0.4, -0.2) is 48.4 Å². The van der Waals surface area contributed by atoms with Crippen LogP contribution in [0, 0.1) is 5.92 Å². The lowest BCUT2D eigenvalue weighted by Gasteiger charge is -2.34. The molecule has 6 nitrogen and oxygen atoms in total. The van der Waals surface area contributed by atoms with Crippen LogP contribution in [0.2, 0.25) is 5.02 Å². The second-order valence-corrected chi connectivity index (χ2v) is 10.7. The number of halogens is 2. The molecule has 2 amide bonds. The Morgan fingerprint density at radius 2 is 1.73 bits per heavy atom. The van der Waals surface area contributed by atoms with Crippen LogP contribution >= 0.6 is 23.2 Å². The number of hydrogen-bond acceptors (Lipinski definition) is 4. The number of benzene rings is 2. The van der Waals surface area contributed by atoms with Crippen molar-refractivity contribution in [2.45, 2.75) is 71.1 Å². The number of amides is 2. The van der Waals surface area contributed by atoms with Crippen molar-refractivity contribution in [3.63, 3.8) is 0 Å². The van der Waals surface area contributed by atoms with E-state index in [1.807, 2.05) is 44.2 Å². The molecule has 0 spiro atoms. The quantitative estimate of drug-likeness (QED) is 0.340. The Hall–Kier alpha value is -2.44. The molecule has 1 fully saturated rings. The first-order valence-electron chi connectivity index (χ1n) is 13.0. The maximum Gasteiger partial charge on any atom is 0.247 e. The van der Waals surface area contributed by atoms with E-state index in [0.717, 1.165) is 31.2 Å². The smallest absolute Gasteiger partial charge is 0.247 e. The van der Waals surface area contributed by atoms with Gasteiger partial charge in [-0.25, -0.2) is 0 Å². The normalized spacial score (nSPS) is 18.2. The SMILES string of the molecule is COc1cc(C(C(=O)NC2CCC(C)CC2)N(CCc2ccc(Cl)cc2)C(=O)CCl)ccc1OC(C)C. The molecule has 0 radical (unpaired) electrons. The third-order valence-corrected chi connectivity index (χ3v) is 7.26. The first kappa shape index (κ1) is 29.1. The van der Waals surface area contributed by atoms with E-state index in [-0.39, 0.29) is 29.8 Å². The monoisotopic (exact) mass is 548 g/mol. The Morgan fingerprint density at radius 3 is 2.32 bits per heavy atom. The number of methoxy groups -OCH3 is 1. The number of ether oxygens (including phenoxy) is 2. The first-order valence-corrected chi connectivity index (χ1v) is 13.9. The molecule has 1 N–H and O–H groups in total. The molecule has 1 aliphatic rings. The molecule has 1 atom stereocenters. The summed E-state index contributed by atoms with van der Waals surface area (Å²) in [6.07, 6.45) is 4.52. The topological polar surface area (TPSA) is 67.9 Å². The summed E-state index contributed by atoms with van der Waals surface area (Å²) in [6.45, 7) is 6.43. The molecule has 1 unspecified atom stereocenters. The summed E-state index contributed by atoms with van der Waals surface area (Å²) in [5.74, 6) is 1.000. The summed E-state index contributed by atoms with van der Waals surface area (Å²) in [5.41, 5.74) is 1.65. The number of hydrogen-bond donors (Lipinski definition) is 1. The maximum atomic E-state index is 13.8. The van der Waals surface area contributed by atoms with Crippen molar-refractivity contribution in [1.29, 1.82) is 0 Å². The van der Waals surface area contributed by atoms with Crippen LogP contribution in [0.1, 0.15) is 63.6 Å². The highest BCUT2D eigenvalue weighted by molar-refractivity contribution is 6.30. The molecule has 0 saturated heterocycles. The molecule has 1 aliphatic carbocycles. The number of carbonyl (C=O) groups excluding carboxylic acids is 2. The molecule has 8 heteroatoms. The number of nitrogens with one attached hydrogen (secondary N) is 1. The van der Waals surface area contributed by atoms with Crippen LogP contribution < -0.4 is 14.8 Å². The van der Waals surface area contributed by atoms with Crippen LogP contribution in [0.5, 0.6) is 11.5 Å². The van der Waals surface area contributed by atoms with Gasteiger partial charge in [-0.05, 0) is 87.3 Å². The van der Waals surface area contributed by atoms with Crippen molar-refractivity contribution >= 4 is 35.0 Å². The van der Waals surface area contributed by atoms with Gasteiger partial charge in [-0.15, -0.1) is 11.6 Å². The van der Waals surface area contributed by atoms with Gasteiger partial charge in [0.05, 0.1) is 13.2 Å². The second-order valence-electron chi connectivity index (χ2n) is 10.0. The summed E-state index contributed by atoms with van der Waals surface area (Å²) in [5, 5.41) is 3.87. The third kappa shape index (κ3) is 8.27. The molecule has 202 valence electrons. The maximum absolute atomic E-state index is 13.8. The highest BCUT2D eigenvalue weighted by Crippen LogP contribution is 2.34. The predicted molar refractivity (Wildman–Crippen MR) is 149 cm³/mol. The molecule has 0 aliphatic heterocycles. The van der Waals surface area contributed by atoms with Crippen LogP contribution in [0.25, 0.3) is 0 Å². The lowest BCUT2D eigenvalue weighted by atomic mass is 9.87. The fourth-order valence-corrected chi connectivity index (χ4v) is 5.02. The molecule has 2 aromatic carbocycles. The van der Waals surface area contributed by atoms with Gasteiger partial charge < -0.3 is 19.7 Å². The van der Waals surface area contributed by atoms with Gasteiger partial charge in [0, 0.05) is 17.6 Å². The standard InChI is InChI=1S/C29H38Cl2N2O4/c1-19(2)37-25-14-9-22(17-26(25)36-4)28(29(35)32-24-12-5-20(3)6-13-24)33(27(34)18-30)16-15-21-7-10-23(31)11-8-21/h7-11,14,17,19-20,24,28H,5-6,12-13,15-16,18H2,1-4H3,(H,32,35). The number of carbonyl (C=O) groups is 2. The number of nitrogens with zero attached hydrogens (tertiary/aromatic N) is 1. The van der Waals surface area contributed by atoms with Crippen molar-refractivity contribution in [2.75, 3.05) is 19.5 Å². The lowest BCUT2D eigenvalue weighted by molar-refractivity contribution is -0.139. The lowest BCUT2D eigenvalue weighted by Crippen LogP contribution is -2.48. The van der Waals surface area contributed by atoms with E-state index in [9.17, 15) is 9.59 Å². The van der Waals surface area contributed by atoms with Crippen molar-refractivity contribution < 1.29 is 19.1 Å². The van der Waals surface area contributed by atoms with Gasteiger partial charge >= 0.3 is 0 Å². The van der Waals surface area contributed by atoms with Crippen molar-refractivity contribution in [3.05, 3.63) is 58.6 Å². The number of alkyl halides is 1. The first-order chi connectivity index (χ1) is 17.7.